The van der Waals surface area contributed by atoms with Crippen LogP contribution in [0.2, 0.25) is 0 Å². The fourth-order valence-electron chi connectivity index (χ4n) is 3.59. The van der Waals surface area contributed by atoms with E-state index in [-0.39, 0.29) is 18.1 Å². The first-order valence-corrected chi connectivity index (χ1v) is 11.8. The second-order valence-electron chi connectivity index (χ2n) is 8.92. The molecule has 3 atom stereocenters. The van der Waals surface area contributed by atoms with Gasteiger partial charge in [0.05, 0.1) is 0 Å². The third-order valence-electron chi connectivity index (χ3n) is 5.05. The van der Waals surface area contributed by atoms with Crippen molar-refractivity contribution in [2.24, 2.45) is 0 Å². The average molecular weight is 506 g/mol. The minimum Gasteiger partial charge on any atom is -0.477 e. The molecule has 1 aromatic carbocycles. The highest BCUT2D eigenvalue weighted by Crippen LogP contribution is 2.40. The second-order valence-corrected chi connectivity index (χ2v) is 10.0. The molecule has 11 nitrogen and oxygen atoms in total. The average Bonchev–Trinajstić information content (AvgIpc) is 2.77. The Hall–Kier alpha value is -3.54. The van der Waals surface area contributed by atoms with Gasteiger partial charge in [0, 0.05) is 18.2 Å². The van der Waals surface area contributed by atoms with Crippen LogP contribution in [0.4, 0.5) is 4.79 Å². The van der Waals surface area contributed by atoms with Gasteiger partial charge in [-0.25, -0.2) is 9.59 Å². The fraction of sp³-hybridized carbons (Fsp3) is 0.435. The summed E-state index contributed by atoms with van der Waals surface area (Å²) in [5, 5.41) is 14.2. The number of nitrogens with zero attached hydrogens (tertiary/aromatic N) is 1. The number of esters is 1. The van der Waals surface area contributed by atoms with Crippen LogP contribution in [0.3, 0.4) is 0 Å². The number of benzene rings is 1. The molecule has 188 valence electrons. The summed E-state index contributed by atoms with van der Waals surface area (Å²) in [5.74, 6) is -2.96. The van der Waals surface area contributed by atoms with Crippen molar-refractivity contribution in [2.75, 3.05) is 12.4 Å². The minimum absolute atomic E-state index is 0.202. The smallest absolute Gasteiger partial charge is 0.408 e. The number of ether oxygens (including phenoxy) is 2. The number of hydrogen-bond acceptors (Lipinski definition) is 8. The molecular weight excluding hydrogens is 478 g/mol. The number of carboxylic acid groups (broad SMARTS) is 1. The van der Waals surface area contributed by atoms with Crippen LogP contribution < -0.4 is 10.6 Å². The Bertz CT molecular complexity index is 1070. The van der Waals surface area contributed by atoms with E-state index in [2.05, 4.69) is 10.6 Å². The molecule has 3 amide bonds. The van der Waals surface area contributed by atoms with E-state index in [9.17, 15) is 29.1 Å². The molecule has 1 aromatic rings. The highest BCUT2D eigenvalue weighted by Gasteiger charge is 2.54. The minimum atomic E-state index is -1.33. The molecule has 12 heteroatoms. The molecule has 1 saturated heterocycles. The van der Waals surface area contributed by atoms with Gasteiger partial charge in [0.1, 0.15) is 35.4 Å². The van der Waals surface area contributed by atoms with Gasteiger partial charge in [0.2, 0.25) is 5.91 Å². The summed E-state index contributed by atoms with van der Waals surface area (Å²) in [4.78, 5) is 62.5. The zero-order valence-corrected chi connectivity index (χ0v) is 20.5. The lowest BCUT2D eigenvalue weighted by Crippen LogP contribution is -2.71. The number of carbonyl (C=O) groups excluding carboxylic acids is 4. The monoisotopic (exact) mass is 505 g/mol. The SMILES string of the molecule is CC(=O)OCC1=C(C(=O)O)N2C(=O)[C@@H](NC(=O)[C@H](NC(=O)OC(C)(C)C)c3ccccc3)[C@H]2SC1. The molecule has 3 N–H and O–H groups in total. The van der Waals surface area contributed by atoms with Crippen LogP contribution >= 0.6 is 11.8 Å². The molecule has 35 heavy (non-hydrogen) atoms. The summed E-state index contributed by atoms with van der Waals surface area (Å²) in [6.07, 6.45) is -0.804. The van der Waals surface area contributed by atoms with E-state index in [4.69, 9.17) is 9.47 Å². The van der Waals surface area contributed by atoms with E-state index in [1.807, 2.05) is 0 Å². The predicted molar refractivity (Wildman–Crippen MR) is 125 cm³/mol. The number of carboxylic acids is 1. The Morgan fingerprint density at radius 1 is 1.20 bits per heavy atom. The number of rotatable bonds is 7. The Morgan fingerprint density at radius 3 is 2.43 bits per heavy atom. The highest BCUT2D eigenvalue weighted by atomic mass is 32.2. The summed E-state index contributed by atoms with van der Waals surface area (Å²) in [7, 11) is 0. The van der Waals surface area contributed by atoms with Gasteiger partial charge < -0.3 is 25.2 Å². The van der Waals surface area contributed by atoms with Gasteiger partial charge >= 0.3 is 18.0 Å². The molecule has 0 bridgehead atoms. The van der Waals surface area contributed by atoms with E-state index in [1.165, 1.54) is 18.7 Å². The molecule has 2 heterocycles. The number of nitrogens with one attached hydrogen (secondary N) is 2. The Labute approximate surface area is 206 Å². The first-order valence-electron chi connectivity index (χ1n) is 10.8. The van der Waals surface area contributed by atoms with Crippen molar-refractivity contribution < 1.29 is 38.6 Å². The molecule has 0 saturated carbocycles. The summed E-state index contributed by atoms with van der Waals surface area (Å²) in [6, 6.07) is 6.32. The number of fused-ring (bicyclic) bond motifs is 1. The van der Waals surface area contributed by atoms with E-state index in [1.54, 1.807) is 51.1 Å². The van der Waals surface area contributed by atoms with E-state index in [0.29, 0.717) is 11.1 Å². The van der Waals surface area contributed by atoms with Crippen molar-refractivity contribution >= 4 is 41.6 Å². The number of alkyl carbamates (subject to hydrolysis) is 1. The maximum Gasteiger partial charge on any atom is 0.408 e. The first-order chi connectivity index (χ1) is 16.4. The van der Waals surface area contributed by atoms with Crippen LogP contribution in [-0.2, 0) is 28.7 Å². The highest BCUT2D eigenvalue weighted by molar-refractivity contribution is 8.00. The molecule has 0 aliphatic carbocycles. The van der Waals surface area contributed by atoms with Gasteiger partial charge in [-0.1, -0.05) is 30.3 Å². The van der Waals surface area contributed by atoms with Gasteiger partial charge in [-0.3, -0.25) is 19.3 Å². The van der Waals surface area contributed by atoms with Crippen molar-refractivity contribution in [3.05, 3.63) is 47.2 Å². The topological polar surface area (TPSA) is 151 Å². The van der Waals surface area contributed by atoms with Gasteiger partial charge in [-0.05, 0) is 26.3 Å². The molecule has 0 aromatic heterocycles. The zero-order valence-electron chi connectivity index (χ0n) is 19.7. The van der Waals surface area contributed by atoms with Crippen LogP contribution in [0.5, 0.6) is 0 Å². The molecule has 2 aliphatic rings. The van der Waals surface area contributed by atoms with E-state index < -0.39 is 52.9 Å². The number of thioether (sulfide) groups is 1. The molecule has 2 aliphatic heterocycles. The number of carbonyl (C=O) groups is 5. The van der Waals surface area contributed by atoms with E-state index >= 15 is 0 Å². The number of amides is 3. The molecule has 0 radical (unpaired) electrons. The maximum atomic E-state index is 13.2. The van der Waals surface area contributed by atoms with Gasteiger partial charge in [-0.2, -0.15) is 0 Å². The summed E-state index contributed by atoms with van der Waals surface area (Å²) in [5.41, 5.74) is -0.266. The summed E-state index contributed by atoms with van der Waals surface area (Å²) in [6.45, 7) is 6.03. The van der Waals surface area contributed by atoms with Crippen molar-refractivity contribution in [1.29, 1.82) is 0 Å². The largest absolute Gasteiger partial charge is 0.477 e. The lowest BCUT2D eigenvalue weighted by atomic mass is 10.0. The predicted octanol–water partition coefficient (Wildman–Crippen LogP) is 1.55. The summed E-state index contributed by atoms with van der Waals surface area (Å²) < 4.78 is 10.2. The zero-order chi connectivity index (χ0) is 25.9. The van der Waals surface area contributed by atoms with Crippen LogP contribution in [0.1, 0.15) is 39.3 Å². The second kappa shape index (κ2) is 10.4. The van der Waals surface area contributed by atoms with Crippen LogP contribution in [0, 0.1) is 0 Å². The molecule has 0 unspecified atom stereocenters. The summed E-state index contributed by atoms with van der Waals surface area (Å²) >= 11 is 1.24. The Morgan fingerprint density at radius 2 is 1.86 bits per heavy atom. The van der Waals surface area contributed by atoms with Gasteiger partial charge in [0.25, 0.3) is 5.91 Å². The van der Waals surface area contributed by atoms with Crippen molar-refractivity contribution in [3.8, 4) is 0 Å². The standard InChI is InChI=1S/C23H27N3O8S/c1-12(27)33-10-14-11-35-20-16(19(29)26(20)17(14)21(30)31)24-18(28)15(13-8-6-5-7-9-13)25-22(32)34-23(2,3)4/h5-9,15-16,20H,10-11H2,1-4H3,(H,24,28)(H,25,32)(H,30,31)/t15-,16-,20-/m1/s1. The fourth-order valence-corrected chi connectivity index (χ4v) is 4.92. The van der Waals surface area contributed by atoms with Crippen molar-refractivity contribution in [1.82, 2.24) is 15.5 Å². The molecule has 0 spiro atoms. The van der Waals surface area contributed by atoms with Gasteiger partial charge in [0.15, 0.2) is 0 Å². The Kier molecular flexibility index (Phi) is 7.73. The van der Waals surface area contributed by atoms with Gasteiger partial charge in [-0.15, -0.1) is 11.8 Å². The maximum absolute atomic E-state index is 13.2. The normalized spacial score (nSPS) is 20.2. The molecule has 1 fully saturated rings. The lowest BCUT2D eigenvalue weighted by molar-refractivity contribution is -0.151. The number of hydrogen-bond donors (Lipinski definition) is 3. The van der Waals surface area contributed by atoms with Crippen LogP contribution in [-0.4, -0.2) is 69.2 Å². The van der Waals surface area contributed by atoms with E-state index in [0.717, 1.165) is 4.90 Å². The van der Waals surface area contributed by atoms with Crippen LogP contribution in [0.25, 0.3) is 0 Å². The van der Waals surface area contributed by atoms with Crippen molar-refractivity contribution in [3.63, 3.8) is 0 Å². The van der Waals surface area contributed by atoms with Crippen LogP contribution in [0.15, 0.2) is 41.6 Å². The third kappa shape index (κ3) is 6.13. The third-order valence-corrected chi connectivity index (χ3v) is 6.39. The van der Waals surface area contributed by atoms with Crippen molar-refractivity contribution in [2.45, 2.75) is 50.8 Å². The number of aliphatic carboxylic acids is 1. The Balaban J connectivity index is 1.77. The quantitative estimate of drug-likeness (QED) is 0.370. The number of β-lactam (4-membered cyclic amide) rings is 1. The first kappa shape index (κ1) is 26.1. The lowest BCUT2D eigenvalue weighted by Gasteiger charge is -2.49. The molecule has 3 rings (SSSR count). The molecular formula is C23H27N3O8S.